The molecule has 2 aromatic carbocycles. The number of ether oxygens (including phenoxy) is 1. The van der Waals surface area contributed by atoms with Crippen LogP contribution < -0.4 is 10.2 Å². The molecular weight excluding hydrogens is 358 g/mol. The van der Waals surface area contributed by atoms with Crippen LogP contribution in [-0.4, -0.2) is 43.7 Å². The van der Waals surface area contributed by atoms with Crippen LogP contribution in [0.1, 0.15) is 28.8 Å². The maximum absolute atomic E-state index is 12.2. The van der Waals surface area contributed by atoms with Gasteiger partial charge in [-0.25, -0.2) is 0 Å². The molecule has 0 unspecified atom stereocenters. The summed E-state index contributed by atoms with van der Waals surface area (Å²) in [5, 5.41) is 13.6. The Hall–Kier alpha value is -2.93. The Morgan fingerprint density at radius 3 is 2.57 bits per heavy atom. The predicted octanol–water partition coefficient (Wildman–Crippen LogP) is 3.18. The van der Waals surface area contributed by atoms with Gasteiger partial charge in [-0.15, -0.1) is 0 Å². The van der Waals surface area contributed by atoms with E-state index in [0.29, 0.717) is 12.2 Å². The van der Waals surface area contributed by atoms with Crippen molar-refractivity contribution in [2.45, 2.75) is 25.4 Å². The number of nitro groups is 1. The molecule has 0 bridgehead atoms. The molecule has 1 fully saturated rings. The van der Waals surface area contributed by atoms with Crippen molar-refractivity contribution in [2.24, 2.45) is 0 Å². The van der Waals surface area contributed by atoms with Gasteiger partial charge in [0.2, 0.25) is 0 Å². The Morgan fingerprint density at radius 2 is 1.93 bits per heavy atom. The van der Waals surface area contributed by atoms with Crippen LogP contribution in [0.4, 0.5) is 11.4 Å². The third-order valence-electron chi connectivity index (χ3n) is 5.03. The molecule has 1 N–H and O–H groups in total. The topological polar surface area (TPSA) is 84.7 Å². The average molecular weight is 383 g/mol. The molecule has 1 amide bonds. The fourth-order valence-electron chi connectivity index (χ4n) is 3.48. The lowest BCUT2D eigenvalue weighted by atomic mass is 10.0. The SMILES string of the molecule is CNC(=O)c1cc([N+](=O)[O-])ccc1N1CCC(OCCc2ccccc2)CC1. The predicted molar refractivity (Wildman–Crippen MR) is 108 cm³/mol. The zero-order valence-corrected chi connectivity index (χ0v) is 16.0. The number of rotatable bonds is 7. The van der Waals surface area contributed by atoms with E-state index >= 15 is 0 Å². The van der Waals surface area contributed by atoms with Gasteiger partial charge in [0.25, 0.3) is 11.6 Å². The van der Waals surface area contributed by atoms with E-state index in [4.69, 9.17) is 4.74 Å². The molecule has 2 aromatic rings. The van der Waals surface area contributed by atoms with E-state index in [1.165, 1.54) is 24.7 Å². The van der Waals surface area contributed by atoms with Crippen LogP contribution in [-0.2, 0) is 11.2 Å². The van der Waals surface area contributed by atoms with Crippen molar-refractivity contribution >= 4 is 17.3 Å². The monoisotopic (exact) mass is 383 g/mol. The van der Waals surface area contributed by atoms with Gasteiger partial charge < -0.3 is 15.0 Å². The Labute approximate surface area is 164 Å². The molecule has 28 heavy (non-hydrogen) atoms. The zero-order chi connectivity index (χ0) is 19.9. The van der Waals surface area contributed by atoms with E-state index in [-0.39, 0.29) is 17.7 Å². The number of carbonyl (C=O) groups is 1. The minimum Gasteiger partial charge on any atom is -0.378 e. The van der Waals surface area contributed by atoms with E-state index in [9.17, 15) is 14.9 Å². The molecule has 7 nitrogen and oxygen atoms in total. The summed E-state index contributed by atoms with van der Waals surface area (Å²) in [7, 11) is 1.53. The first-order chi connectivity index (χ1) is 13.6. The third kappa shape index (κ3) is 4.86. The van der Waals surface area contributed by atoms with Crippen molar-refractivity contribution in [3.8, 4) is 0 Å². The van der Waals surface area contributed by atoms with Crippen LogP contribution in [0, 0.1) is 10.1 Å². The molecule has 0 spiro atoms. The fourth-order valence-corrected chi connectivity index (χ4v) is 3.48. The highest BCUT2D eigenvalue weighted by Gasteiger charge is 2.24. The van der Waals surface area contributed by atoms with Gasteiger partial charge in [-0.05, 0) is 30.9 Å². The minimum absolute atomic E-state index is 0.0820. The molecule has 0 atom stereocenters. The quantitative estimate of drug-likeness (QED) is 0.586. The molecule has 0 aromatic heterocycles. The lowest BCUT2D eigenvalue weighted by molar-refractivity contribution is -0.384. The third-order valence-corrected chi connectivity index (χ3v) is 5.03. The first-order valence-corrected chi connectivity index (χ1v) is 9.49. The van der Waals surface area contributed by atoms with Crippen molar-refractivity contribution in [3.63, 3.8) is 0 Å². The zero-order valence-electron chi connectivity index (χ0n) is 16.0. The Balaban J connectivity index is 1.58. The first kappa shape index (κ1) is 19.8. The summed E-state index contributed by atoms with van der Waals surface area (Å²) in [6, 6.07) is 14.7. The van der Waals surface area contributed by atoms with Crippen LogP contribution in [0.5, 0.6) is 0 Å². The number of piperidine rings is 1. The summed E-state index contributed by atoms with van der Waals surface area (Å²) in [5.74, 6) is -0.320. The number of amides is 1. The normalized spacial score (nSPS) is 14.7. The molecule has 1 saturated heterocycles. The van der Waals surface area contributed by atoms with Crippen molar-refractivity contribution < 1.29 is 14.5 Å². The maximum Gasteiger partial charge on any atom is 0.270 e. The second-order valence-electron chi connectivity index (χ2n) is 6.83. The highest BCUT2D eigenvalue weighted by atomic mass is 16.6. The fraction of sp³-hybridized carbons (Fsp3) is 0.381. The number of benzene rings is 2. The average Bonchev–Trinajstić information content (AvgIpc) is 2.74. The molecule has 1 aliphatic rings. The summed E-state index contributed by atoms with van der Waals surface area (Å²) in [6.07, 6.45) is 2.81. The van der Waals surface area contributed by atoms with E-state index in [1.807, 2.05) is 18.2 Å². The van der Waals surface area contributed by atoms with Crippen LogP contribution >= 0.6 is 0 Å². The van der Waals surface area contributed by atoms with E-state index in [0.717, 1.165) is 38.0 Å². The van der Waals surface area contributed by atoms with Crippen LogP contribution in [0.25, 0.3) is 0 Å². The Bertz CT molecular complexity index is 818. The van der Waals surface area contributed by atoms with E-state index in [1.54, 1.807) is 6.07 Å². The summed E-state index contributed by atoms with van der Waals surface area (Å²) >= 11 is 0. The number of hydrogen-bond donors (Lipinski definition) is 1. The summed E-state index contributed by atoms with van der Waals surface area (Å²) in [6.45, 7) is 2.19. The molecule has 1 heterocycles. The molecule has 0 radical (unpaired) electrons. The molecule has 1 aliphatic heterocycles. The van der Waals surface area contributed by atoms with Crippen LogP contribution in [0.15, 0.2) is 48.5 Å². The van der Waals surface area contributed by atoms with Crippen molar-refractivity contribution in [1.82, 2.24) is 5.32 Å². The number of nitro benzene ring substituents is 1. The second kappa shape index (κ2) is 9.32. The molecule has 3 rings (SSSR count). The lowest BCUT2D eigenvalue weighted by Gasteiger charge is -2.34. The number of anilines is 1. The van der Waals surface area contributed by atoms with Crippen molar-refractivity contribution in [3.05, 3.63) is 69.8 Å². The van der Waals surface area contributed by atoms with Gasteiger partial charge in [-0.1, -0.05) is 30.3 Å². The smallest absolute Gasteiger partial charge is 0.270 e. The highest BCUT2D eigenvalue weighted by Crippen LogP contribution is 2.28. The van der Waals surface area contributed by atoms with Crippen LogP contribution in [0.2, 0.25) is 0 Å². The number of carbonyl (C=O) groups excluding carboxylic acids is 1. The lowest BCUT2D eigenvalue weighted by Crippen LogP contribution is -2.38. The van der Waals surface area contributed by atoms with Gasteiger partial charge in [0, 0.05) is 32.3 Å². The van der Waals surface area contributed by atoms with Crippen molar-refractivity contribution in [1.29, 1.82) is 0 Å². The number of nitrogens with one attached hydrogen (secondary N) is 1. The first-order valence-electron chi connectivity index (χ1n) is 9.49. The largest absolute Gasteiger partial charge is 0.378 e. The Kier molecular flexibility index (Phi) is 6.60. The van der Waals surface area contributed by atoms with Gasteiger partial charge in [0.05, 0.1) is 28.9 Å². The summed E-state index contributed by atoms with van der Waals surface area (Å²) < 4.78 is 6.03. The van der Waals surface area contributed by atoms with E-state index < -0.39 is 4.92 Å². The van der Waals surface area contributed by atoms with E-state index in [2.05, 4.69) is 22.3 Å². The molecule has 0 saturated carbocycles. The summed E-state index contributed by atoms with van der Waals surface area (Å²) in [5.41, 5.74) is 2.25. The summed E-state index contributed by atoms with van der Waals surface area (Å²) in [4.78, 5) is 24.9. The van der Waals surface area contributed by atoms with Gasteiger partial charge in [0.15, 0.2) is 0 Å². The van der Waals surface area contributed by atoms with Crippen molar-refractivity contribution in [2.75, 3.05) is 31.6 Å². The maximum atomic E-state index is 12.2. The van der Waals surface area contributed by atoms with Gasteiger partial charge >= 0.3 is 0 Å². The molecule has 148 valence electrons. The van der Waals surface area contributed by atoms with Crippen LogP contribution in [0.3, 0.4) is 0 Å². The molecule has 7 heteroatoms. The number of nitrogens with zero attached hydrogens (tertiary/aromatic N) is 2. The minimum atomic E-state index is -0.483. The highest BCUT2D eigenvalue weighted by molar-refractivity contribution is 6.00. The molecular formula is C21H25N3O4. The number of hydrogen-bond acceptors (Lipinski definition) is 5. The molecule has 0 aliphatic carbocycles. The standard InChI is InChI=1S/C21H25N3O4/c1-22-21(25)19-15-17(24(26)27)7-8-20(19)23-12-9-18(10-13-23)28-14-11-16-5-3-2-4-6-16/h2-8,15,18H,9-14H2,1H3,(H,22,25). The Morgan fingerprint density at radius 1 is 1.21 bits per heavy atom. The van der Waals surface area contributed by atoms with Gasteiger partial charge in [0.1, 0.15) is 0 Å². The number of non-ortho nitro benzene ring substituents is 1. The second-order valence-corrected chi connectivity index (χ2v) is 6.83. The van der Waals surface area contributed by atoms with Gasteiger partial charge in [-0.3, -0.25) is 14.9 Å². The van der Waals surface area contributed by atoms with Gasteiger partial charge in [-0.2, -0.15) is 0 Å².